The van der Waals surface area contributed by atoms with Gasteiger partial charge in [0.05, 0.1) is 11.5 Å². The van der Waals surface area contributed by atoms with Gasteiger partial charge in [-0.3, -0.25) is 9.80 Å². The first-order chi connectivity index (χ1) is 8.14. The molecule has 6 heteroatoms. The van der Waals surface area contributed by atoms with Crippen LogP contribution in [0.1, 0.15) is 6.42 Å². The molecular weight excluding hydrogens is 238 g/mol. The van der Waals surface area contributed by atoms with Gasteiger partial charge in [0.15, 0.2) is 9.84 Å². The van der Waals surface area contributed by atoms with E-state index in [4.69, 9.17) is 0 Å². The van der Waals surface area contributed by atoms with Gasteiger partial charge in [0.1, 0.15) is 0 Å². The van der Waals surface area contributed by atoms with Crippen molar-refractivity contribution >= 4 is 9.84 Å². The van der Waals surface area contributed by atoms with E-state index in [1.165, 1.54) is 0 Å². The van der Waals surface area contributed by atoms with Gasteiger partial charge in [-0.2, -0.15) is 0 Å². The fourth-order valence-electron chi connectivity index (χ4n) is 3.06. The van der Waals surface area contributed by atoms with E-state index in [0.29, 0.717) is 17.5 Å². The summed E-state index contributed by atoms with van der Waals surface area (Å²) in [6.45, 7) is 6.52. The number of nitrogens with zero attached hydrogens (tertiary/aromatic N) is 2. The smallest absolute Gasteiger partial charge is 0.151 e. The van der Waals surface area contributed by atoms with E-state index in [2.05, 4.69) is 15.1 Å². The molecule has 0 aliphatic carbocycles. The van der Waals surface area contributed by atoms with Gasteiger partial charge in [-0.25, -0.2) is 8.42 Å². The van der Waals surface area contributed by atoms with Gasteiger partial charge in [0, 0.05) is 51.4 Å². The molecule has 3 rings (SSSR count). The Morgan fingerprint density at radius 3 is 1.94 bits per heavy atom. The van der Waals surface area contributed by atoms with E-state index >= 15 is 0 Å². The second kappa shape index (κ2) is 4.50. The Morgan fingerprint density at radius 2 is 1.53 bits per heavy atom. The lowest BCUT2D eigenvalue weighted by Gasteiger charge is -2.44. The molecule has 3 aliphatic rings. The Bertz CT molecular complexity index is 372. The molecule has 3 fully saturated rings. The Morgan fingerprint density at radius 1 is 0.941 bits per heavy atom. The minimum atomic E-state index is -2.73. The van der Waals surface area contributed by atoms with Crippen LogP contribution < -0.4 is 5.32 Å². The quantitative estimate of drug-likeness (QED) is 0.672. The molecule has 1 atom stereocenters. The molecule has 0 bridgehead atoms. The van der Waals surface area contributed by atoms with Gasteiger partial charge in [0.25, 0.3) is 0 Å². The molecule has 1 N–H and O–H groups in total. The van der Waals surface area contributed by atoms with Crippen molar-refractivity contribution in [2.45, 2.75) is 18.5 Å². The zero-order valence-corrected chi connectivity index (χ0v) is 11.0. The van der Waals surface area contributed by atoms with E-state index in [1.54, 1.807) is 0 Å². The Hall–Kier alpha value is -0.170. The predicted molar refractivity (Wildman–Crippen MR) is 66.9 cm³/mol. The summed E-state index contributed by atoms with van der Waals surface area (Å²) in [6, 6.07) is 1.02. The highest BCUT2D eigenvalue weighted by Gasteiger charge is 2.35. The third kappa shape index (κ3) is 2.50. The molecule has 0 spiro atoms. The minimum absolute atomic E-state index is 0.293. The van der Waals surface area contributed by atoms with Crippen molar-refractivity contribution in [2.24, 2.45) is 0 Å². The maximum Gasteiger partial charge on any atom is 0.151 e. The van der Waals surface area contributed by atoms with Crippen molar-refractivity contribution in [3.63, 3.8) is 0 Å². The number of hydrogen-bond acceptors (Lipinski definition) is 5. The average molecular weight is 259 g/mol. The molecule has 3 saturated heterocycles. The molecule has 0 aromatic carbocycles. The van der Waals surface area contributed by atoms with Crippen molar-refractivity contribution in [1.29, 1.82) is 0 Å². The lowest BCUT2D eigenvalue weighted by Crippen LogP contribution is -2.62. The third-order valence-corrected chi connectivity index (χ3v) is 6.10. The summed E-state index contributed by atoms with van der Waals surface area (Å²) >= 11 is 0. The van der Waals surface area contributed by atoms with Crippen LogP contribution in [0, 0.1) is 0 Å². The Labute approximate surface area is 103 Å². The number of rotatable bonds is 2. The summed E-state index contributed by atoms with van der Waals surface area (Å²) in [6.07, 6.45) is 0.841. The van der Waals surface area contributed by atoms with Gasteiger partial charge in [-0.1, -0.05) is 0 Å². The molecule has 5 nitrogen and oxygen atoms in total. The van der Waals surface area contributed by atoms with Gasteiger partial charge >= 0.3 is 0 Å². The summed E-state index contributed by atoms with van der Waals surface area (Å²) in [7, 11) is -2.73. The summed E-state index contributed by atoms with van der Waals surface area (Å²) in [5, 5.41) is 3.30. The fourth-order valence-corrected chi connectivity index (χ4v) is 4.82. The zero-order valence-electron chi connectivity index (χ0n) is 10.1. The molecule has 1 unspecified atom stereocenters. The van der Waals surface area contributed by atoms with E-state index in [0.717, 1.165) is 51.7 Å². The van der Waals surface area contributed by atoms with Crippen molar-refractivity contribution in [1.82, 2.24) is 15.1 Å². The van der Waals surface area contributed by atoms with Crippen molar-refractivity contribution < 1.29 is 8.42 Å². The normalized spacial score (nSPS) is 35.9. The van der Waals surface area contributed by atoms with E-state index in [9.17, 15) is 8.42 Å². The highest BCUT2D eigenvalue weighted by atomic mass is 32.2. The molecule has 3 heterocycles. The average Bonchev–Trinajstić information content (AvgIpc) is 2.57. The topological polar surface area (TPSA) is 52.7 Å². The first kappa shape index (κ1) is 11.9. The zero-order chi connectivity index (χ0) is 11.9. The largest absolute Gasteiger partial charge is 0.314 e. The maximum absolute atomic E-state index is 11.5. The van der Waals surface area contributed by atoms with Crippen LogP contribution in [0.5, 0.6) is 0 Å². The van der Waals surface area contributed by atoms with Crippen LogP contribution in [0.3, 0.4) is 0 Å². The van der Waals surface area contributed by atoms with Crippen LogP contribution in [0.4, 0.5) is 0 Å². The molecule has 0 aromatic rings. The second-order valence-corrected chi connectivity index (χ2v) is 7.67. The van der Waals surface area contributed by atoms with Gasteiger partial charge in [0.2, 0.25) is 0 Å². The molecular formula is C11H21N3O2S. The Kier molecular flexibility index (Phi) is 3.15. The SMILES string of the molecule is O=S1(=O)CCC(N2CCN(C3CNC3)CC2)C1. The van der Waals surface area contributed by atoms with Gasteiger partial charge in [-0.05, 0) is 6.42 Å². The summed E-state index contributed by atoms with van der Waals surface area (Å²) in [4.78, 5) is 4.92. The van der Waals surface area contributed by atoms with Crippen LogP contribution in [0.15, 0.2) is 0 Å². The van der Waals surface area contributed by atoms with Crippen molar-refractivity contribution in [3.05, 3.63) is 0 Å². The van der Waals surface area contributed by atoms with Crippen LogP contribution in [-0.2, 0) is 9.84 Å². The number of nitrogens with one attached hydrogen (secondary N) is 1. The first-order valence-electron chi connectivity index (χ1n) is 6.53. The van der Waals surface area contributed by atoms with E-state index in [1.807, 2.05) is 0 Å². The van der Waals surface area contributed by atoms with Crippen LogP contribution >= 0.6 is 0 Å². The molecule has 0 aromatic heterocycles. The lowest BCUT2D eigenvalue weighted by molar-refractivity contribution is 0.0569. The van der Waals surface area contributed by atoms with Gasteiger partial charge < -0.3 is 5.32 Å². The van der Waals surface area contributed by atoms with Crippen molar-refractivity contribution in [2.75, 3.05) is 50.8 Å². The van der Waals surface area contributed by atoms with Crippen molar-refractivity contribution in [3.8, 4) is 0 Å². The summed E-state index contributed by atoms with van der Waals surface area (Å²) in [5.74, 6) is 0.780. The fraction of sp³-hybridized carbons (Fsp3) is 1.00. The summed E-state index contributed by atoms with van der Waals surface area (Å²) in [5.41, 5.74) is 0. The van der Waals surface area contributed by atoms with E-state index < -0.39 is 9.84 Å². The molecule has 0 saturated carbocycles. The Balaban J connectivity index is 1.51. The molecule has 0 radical (unpaired) electrons. The van der Waals surface area contributed by atoms with Crippen LogP contribution in [0.25, 0.3) is 0 Å². The highest BCUT2D eigenvalue weighted by Crippen LogP contribution is 2.20. The summed E-state index contributed by atoms with van der Waals surface area (Å²) < 4.78 is 22.9. The first-order valence-corrected chi connectivity index (χ1v) is 8.35. The predicted octanol–water partition coefficient (Wildman–Crippen LogP) is -1.24. The van der Waals surface area contributed by atoms with Crippen LogP contribution in [0.2, 0.25) is 0 Å². The molecule has 3 aliphatic heterocycles. The lowest BCUT2D eigenvalue weighted by atomic mass is 10.1. The number of piperazine rings is 1. The highest BCUT2D eigenvalue weighted by molar-refractivity contribution is 7.91. The van der Waals surface area contributed by atoms with Gasteiger partial charge in [-0.15, -0.1) is 0 Å². The monoisotopic (exact) mass is 259 g/mol. The molecule has 0 amide bonds. The minimum Gasteiger partial charge on any atom is -0.314 e. The standard InChI is InChI=1S/C11H21N3O2S/c15-17(16)6-1-10(9-17)13-2-4-14(5-3-13)11-7-12-8-11/h10-12H,1-9H2. The molecule has 17 heavy (non-hydrogen) atoms. The third-order valence-electron chi connectivity index (χ3n) is 4.35. The van der Waals surface area contributed by atoms with E-state index in [-0.39, 0.29) is 0 Å². The van der Waals surface area contributed by atoms with Crippen LogP contribution in [-0.4, -0.2) is 81.1 Å². The maximum atomic E-state index is 11.5. The molecule has 98 valence electrons. The second-order valence-electron chi connectivity index (χ2n) is 5.44. The number of hydrogen-bond donors (Lipinski definition) is 1. The number of sulfone groups is 1.